The number of benzene rings is 1. The summed E-state index contributed by atoms with van der Waals surface area (Å²) in [7, 11) is 1.26. The van der Waals surface area contributed by atoms with E-state index in [1.165, 1.54) is 38.5 Å². The first-order chi connectivity index (χ1) is 9.44. The van der Waals surface area contributed by atoms with E-state index in [1.54, 1.807) is 6.07 Å². The van der Waals surface area contributed by atoms with Crippen LogP contribution < -0.4 is 5.32 Å². The Balaban J connectivity index is 2.19. The summed E-state index contributed by atoms with van der Waals surface area (Å²) in [5, 5.41) is 3.44. The number of hydrogen-bond acceptors (Lipinski definition) is 3. The van der Waals surface area contributed by atoms with Crippen LogP contribution in [0.25, 0.3) is 0 Å². The van der Waals surface area contributed by atoms with Crippen molar-refractivity contribution >= 4 is 11.7 Å². The second kappa shape index (κ2) is 5.81. The summed E-state index contributed by atoms with van der Waals surface area (Å²) in [5.41, 5.74) is 0.954. The molecule has 1 unspecified atom stereocenters. The van der Waals surface area contributed by atoms with Gasteiger partial charge in [-0.2, -0.15) is 0 Å². The predicted molar refractivity (Wildman–Crippen MR) is 77.4 cm³/mol. The molecule has 0 spiro atoms. The van der Waals surface area contributed by atoms with Crippen LogP contribution in [0, 0.1) is 11.2 Å². The molecule has 110 valence electrons. The molecule has 0 aromatic heterocycles. The molecule has 1 aliphatic carbocycles. The first-order valence-corrected chi connectivity index (χ1v) is 7.08. The molecule has 1 aromatic rings. The van der Waals surface area contributed by atoms with Gasteiger partial charge < -0.3 is 10.1 Å². The Kier molecular flexibility index (Phi) is 4.31. The number of esters is 1. The molecule has 3 nitrogen and oxygen atoms in total. The normalized spacial score (nSPS) is 21.3. The number of hydrogen-bond donors (Lipinski definition) is 1. The fourth-order valence-electron chi connectivity index (χ4n) is 2.84. The van der Waals surface area contributed by atoms with E-state index in [0.717, 1.165) is 12.1 Å². The molecule has 2 rings (SSSR count). The summed E-state index contributed by atoms with van der Waals surface area (Å²) >= 11 is 0. The van der Waals surface area contributed by atoms with Crippen molar-refractivity contribution in [3.8, 4) is 0 Å². The largest absolute Gasteiger partial charge is 0.465 e. The van der Waals surface area contributed by atoms with Gasteiger partial charge in [-0.25, -0.2) is 9.18 Å². The van der Waals surface area contributed by atoms with Gasteiger partial charge in [0.1, 0.15) is 5.82 Å². The highest BCUT2D eigenvalue weighted by Gasteiger charge is 2.32. The highest BCUT2D eigenvalue weighted by molar-refractivity contribution is 5.90. The Bertz CT molecular complexity index is 499. The van der Waals surface area contributed by atoms with Crippen LogP contribution in [0.15, 0.2) is 18.2 Å². The van der Waals surface area contributed by atoms with Gasteiger partial charge in [0.25, 0.3) is 0 Å². The van der Waals surface area contributed by atoms with Crippen molar-refractivity contribution in [2.24, 2.45) is 5.41 Å². The second-order valence-electron chi connectivity index (χ2n) is 6.12. The molecule has 0 saturated heterocycles. The number of ether oxygens (including phenoxy) is 1. The molecule has 0 heterocycles. The Hall–Kier alpha value is -1.58. The van der Waals surface area contributed by atoms with Crippen LogP contribution in [0.1, 0.15) is 49.9 Å². The summed E-state index contributed by atoms with van der Waals surface area (Å²) in [6.07, 6.45) is 4.72. The smallest absolute Gasteiger partial charge is 0.340 e. The molecule has 1 N–H and O–H groups in total. The highest BCUT2D eigenvalue weighted by Crippen LogP contribution is 2.37. The van der Waals surface area contributed by atoms with E-state index in [-0.39, 0.29) is 11.0 Å². The number of methoxy groups -OCH3 is 1. The number of anilines is 1. The van der Waals surface area contributed by atoms with Gasteiger partial charge >= 0.3 is 5.97 Å². The van der Waals surface area contributed by atoms with Crippen LogP contribution in [0.5, 0.6) is 0 Å². The van der Waals surface area contributed by atoms with Gasteiger partial charge in [0.15, 0.2) is 0 Å². The third-order valence-corrected chi connectivity index (χ3v) is 4.22. The second-order valence-corrected chi connectivity index (χ2v) is 6.12. The number of halogens is 1. The summed E-state index contributed by atoms with van der Waals surface area (Å²) in [4.78, 5) is 11.5. The fourth-order valence-corrected chi connectivity index (χ4v) is 2.84. The lowest BCUT2D eigenvalue weighted by molar-refractivity contribution is 0.0595. The molecule has 1 aliphatic rings. The van der Waals surface area contributed by atoms with Gasteiger partial charge in [0.05, 0.1) is 12.7 Å². The minimum absolute atomic E-state index is 0.0221. The van der Waals surface area contributed by atoms with Crippen molar-refractivity contribution in [3.05, 3.63) is 29.6 Å². The van der Waals surface area contributed by atoms with Crippen LogP contribution in [0.2, 0.25) is 0 Å². The van der Waals surface area contributed by atoms with E-state index in [9.17, 15) is 9.18 Å². The van der Waals surface area contributed by atoms with Gasteiger partial charge in [0.2, 0.25) is 0 Å². The van der Waals surface area contributed by atoms with Crippen molar-refractivity contribution in [2.75, 3.05) is 12.4 Å². The summed E-state index contributed by atoms with van der Waals surface area (Å²) in [5.74, 6) is -1.20. The quantitative estimate of drug-likeness (QED) is 0.850. The predicted octanol–water partition coefficient (Wildman–Crippen LogP) is 3.99. The number of rotatable bonds is 3. The zero-order valence-electron chi connectivity index (χ0n) is 12.3. The molecular formula is C16H22FNO2. The van der Waals surface area contributed by atoms with Gasteiger partial charge in [-0.3, -0.25) is 0 Å². The molecular weight excluding hydrogens is 257 g/mol. The molecule has 4 heteroatoms. The van der Waals surface area contributed by atoms with E-state index >= 15 is 0 Å². The van der Waals surface area contributed by atoms with Gasteiger partial charge in [-0.15, -0.1) is 0 Å². The van der Waals surface area contributed by atoms with Crippen molar-refractivity contribution in [3.63, 3.8) is 0 Å². The maximum absolute atomic E-state index is 13.6. The third-order valence-electron chi connectivity index (χ3n) is 4.22. The molecule has 1 fully saturated rings. The Morgan fingerprint density at radius 2 is 2.15 bits per heavy atom. The lowest BCUT2D eigenvalue weighted by Gasteiger charge is -2.39. The maximum Gasteiger partial charge on any atom is 0.340 e. The average Bonchev–Trinajstić information content (AvgIpc) is 2.42. The number of carbonyl (C=O) groups is 1. The number of carbonyl (C=O) groups excluding carboxylic acids is 1. The summed E-state index contributed by atoms with van der Waals surface area (Å²) in [6, 6.07) is 4.86. The minimum atomic E-state index is -0.644. The monoisotopic (exact) mass is 279 g/mol. The standard InChI is InChI=1S/C16H22FNO2/c1-16(2)9-5-4-6-14(16)18-11-7-8-13(17)12(10-11)15(19)20-3/h7-8,10,14,18H,4-6,9H2,1-3H3. The number of nitrogens with one attached hydrogen (secondary N) is 1. The molecule has 0 amide bonds. The van der Waals surface area contributed by atoms with Crippen molar-refractivity contribution in [2.45, 2.75) is 45.6 Å². The first-order valence-electron chi connectivity index (χ1n) is 7.08. The molecule has 0 aliphatic heterocycles. The third kappa shape index (κ3) is 3.11. The molecule has 0 bridgehead atoms. The van der Waals surface area contributed by atoms with Crippen LogP contribution in [0.4, 0.5) is 10.1 Å². The Morgan fingerprint density at radius 1 is 1.40 bits per heavy atom. The van der Waals surface area contributed by atoms with Crippen LogP contribution in [-0.2, 0) is 4.74 Å². The van der Waals surface area contributed by atoms with E-state index in [0.29, 0.717) is 6.04 Å². The van der Waals surface area contributed by atoms with Crippen LogP contribution >= 0.6 is 0 Å². The van der Waals surface area contributed by atoms with Crippen LogP contribution in [-0.4, -0.2) is 19.1 Å². The van der Waals surface area contributed by atoms with Gasteiger partial charge in [-0.05, 0) is 36.5 Å². The van der Waals surface area contributed by atoms with Gasteiger partial charge in [0, 0.05) is 11.7 Å². The van der Waals surface area contributed by atoms with Crippen molar-refractivity contribution in [1.82, 2.24) is 0 Å². The molecule has 1 aromatic carbocycles. The fraction of sp³-hybridized carbons (Fsp3) is 0.562. The zero-order valence-corrected chi connectivity index (χ0v) is 12.3. The van der Waals surface area contributed by atoms with E-state index in [4.69, 9.17) is 0 Å². The summed E-state index contributed by atoms with van der Waals surface area (Å²) in [6.45, 7) is 4.49. The highest BCUT2D eigenvalue weighted by atomic mass is 19.1. The lowest BCUT2D eigenvalue weighted by Crippen LogP contribution is -2.38. The van der Waals surface area contributed by atoms with Crippen molar-refractivity contribution in [1.29, 1.82) is 0 Å². The average molecular weight is 279 g/mol. The summed E-state index contributed by atoms with van der Waals surface area (Å²) < 4.78 is 18.2. The molecule has 0 radical (unpaired) electrons. The molecule has 20 heavy (non-hydrogen) atoms. The Labute approximate surface area is 119 Å². The zero-order chi connectivity index (χ0) is 14.8. The van der Waals surface area contributed by atoms with E-state index < -0.39 is 11.8 Å². The van der Waals surface area contributed by atoms with E-state index in [1.807, 2.05) is 0 Å². The van der Waals surface area contributed by atoms with Crippen LogP contribution in [0.3, 0.4) is 0 Å². The molecule has 1 atom stereocenters. The van der Waals surface area contributed by atoms with E-state index in [2.05, 4.69) is 23.9 Å². The SMILES string of the molecule is COC(=O)c1cc(NC2CCCCC2(C)C)ccc1F. The Morgan fingerprint density at radius 3 is 2.80 bits per heavy atom. The van der Waals surface area contributed by atoms with Crippen molar-refractivity contribution < 1.29 is 13.9 Å². The lowest BCUT2D eigenvalue weighted by atomic mass is 9.73. The van der Waals surface area contributed by atoms with Gasteiger partial charge in [-0.1, -0.05) is 26.7 Å². The minimum Gasteiger partial charge on any atom is -0.465 e. The molecule has 1 saturated carbocycles. The topological polar surface area (TPSA) is 38.3 Å². The maximum atomic E-state index is 13.6. The first kappa shape index (κ1) is 14.8.